The number of rotatable bonds is 6. The van der Waals surface area contributed by atoms with Crippen molar-refractivity contribution in [3.05, 3.63) is 63.6 Å². The van der Waals surface area contributed by atoms with Crippen LogP contribution in [0.15, 0.2) is 51.2 Å². The summed E-state index contributed by atoms with van der Waals surface area (Å²) in [5.41, 5.74) is -3.21. The third-order valence-corrected chi connectivity index (χ3v) is 4.47. The molecule has 1 unspecified atom stereocenters. The average Bonchev–Trinajstić information content (AvgIpc) is 2.72. The second-order valence-electron chi connectivity index (χ2n) is 7.19. The zero-order valence-electron chi connectivity index (χ0n) is 17.0. The largest absolute Gasteiger partial charge is 0.446 e. The lowest BCUT2D eigenvalue weighted by atomic mass is 10.1. The van der Waals surface area contributed by atoms with Crippen molar-refractivity contribution < 1.29 is 31.5 Å². The first-order chi connectivity index (χ1) is 15.3. The molecule has 1 aliphatic heterocycles. The van der Waals surface area contributed by atoms with Gasteiger partial charge in [-0.2, -0.15) is 19.2 Å². The van der Waals surface area contributed by atoms with Gasteiger partial charge in [0, 0.05) is 19.4 Å². The fraction of sp³-hybridized carbons (Fsp3) is 0.300. The van der Waals surface area contributed by atoms with Gasteiger partial charge in [0.25, 0.3) is 23.3 Å². The number of hydrogen-bond donors (Lipinski definition) is 0. The highest BCUT2D eigenvalue weighted by molar-refractivity contribution is 5.94. The number of carbonyl (C=O) groups excluding carboxylic acids is 1. The van der Waals surface area contributed by atoms with Gasteiger partial charge in [-0.25, -0.2) is 18.2 Å². The fourth-order valence-corrected chi connectivity index (χ4v) is 2.80. The van der Waals surface area contributed by atoms with Crippen LogP contribution in [0.5, 0.6) is 11.5 Å². The molecule has 1 amide bonds. The van der Waals surface area contributed by atoms with Gasteiger partial charge in [-0.05, 0) is 18.2 Å². The molecule has 0 bridgehead atoms. The third-order valence-electron chi connectivity index (χ3n) is 4.47. The van der Waals surface area contributed by atoms with Gasteiger partial charge in [0.2, 0.25) is 5.75 Å². The number of nitrogens with zero attached hydrogens (tertiary/aromatic N) is 5. The molecular weight excluding hydrogens is 453 g/mol. The molecule has 0 saturated heterocycles. The minimum atomic E-state index is -3.69. The normalized spacial score (nSPS) is 16.4. The smallest absolute Gasteiger partial charge is 0.297 e. The third kappa shape index (κ3) is 4.94. The Bertz CT molecular complexity index is 1270. The summed E-state index contributed by atoms with van der Waals surface area (Å²) in [5.74, 6) is -11.0. The first-order valence-electron chi connectivity index (χ1n) is 9.20. The number of azo groups is 1. The molecule has 1 atom stereocenters. The van der Waals surface area contributed by atoms with E-state index >= 15 is 0 Å². The van der Waals surface area contributed by atoms with Crippen molar-refractivity contribution in [2.75, 3.05) is 0 Å². The second-order valence-corrected chi connectivity index (χ2v) is 7.19. The number of ether oxygens (including phenoxy) is 1. The number of nitriles is 1. The molecule has 33 heavy (non-hydrogen) atoms. The van der Waals surface area contributed by atoms with Crippen LogP contribution >= 0.6 is 0 Å². The van der Waals surface area contributed by atoms with Crippen molar-refractivity contribution in [1.29, 1.82) is 5.26 Å². The predicted molar refractivity (Wildman–Crippen MR) is 102 cm³/mol. The molecule has 2 heterocycles. The van der Waals surface area contributed by atoms with E-state index in [0.717, 1.165) is 18.2 Å². The summed E-state index contributed by atoms with van der Waals surface area (Å²) in [6, 6.07) is 3.09. The van der Waals surface area contributed by atoms with E-state index in [9.17, 15) is 31.5 Å². The minimum Gasteiger partial charge on any atom is -0.446 e. The maximum Gasteiger partial charge on any atom is 0.297 e. The lowest BCUT2D eigenvalue weighted by Gasteiger charge is -2.20. The van der Waals surface area contributed by atoms with Crippen LogP contribution in [-0.2, 0) is 17.3 Å². The van der Waals surface area contributed by atoms with E-state index < -0.39 is 64.5 Å². The lowest BCUT2D eigenvalue weighted by molar-refractivity contribution is -0.115. The molecule has 0 radical (unpaired) electrons. The highest BCUT2D eigenvalue weighted by Gasteiger charge is 2.37. The molecule has 2 aromatic rings. The number of hydrogen-bond acceptors (Lipinski definition) is 6. The zero-order chi connectivity index (χ0) is 24.6. The fourth-order valence-electron chi connectivity index (χ4n) is 2.80. The SMILES string of the molecule is CC(F)(F)c1ncn(CC2=CC(C(C)(F)F)N=NC2=O)c(=O)c1Oc1cccc(C#N)c1F. The van der Waals surface area contributed by atoms with Crippen molar-refractivity contribution in [2.45, 2.75) is 38.3 Å². The van der Waals surface area contributed by atoms with Crippen molar-refractivity contribution >= 4 is 5.91 Å². The molecular formula is C20H14F5N5O3. The number of alkyl halides is 4. The van der Waals surface area contributed by atoms with Gasteiger partial charge < -0.3 is 4.74 Å². The molecule has 13 heteroatoms. The van der Waals surface area contributed by atoms with Gasteiger partial charge >= 0.3 is 0 Å². The molecule has 0 saturated carbocycles. The Hall–Kier alpha value is -3.95. The van der Waals surface area contributed by atoms with E-state index in [-0.39, 0.29) is 5.57 Å². The van der Waals surface area contributed by atoms with Gasteiger partial charge in [0.1, 0.15) is 6.07 Å². The summed E-state index contributed by atoms with van der Waals surface area (Å²) in [4.78, 5) is 28.4. The molecule has 0 aliphatic carbocycles. The van der Waals surface area contributed by atoms with Crippen LogP contribution in [0.1, 0.15) is 25.1 Å². The number of aromatic nitrogens is 2. The molecule has 1 aliphatic rings. The summed E-state index contributed by atoms with van der Waals surface area (Å²) < 4.78 is 75.4. The Morgan fingerprint density at radius 3 is 2.52 bits per heavy atom. The Morgan fingerprint density at radius 1 is 1.21 bits per heavy atom. The highest BCUT2D eigenvalue weighted by atomic mass is 19.3. The van der Waals surface area contributed by atoms with Crippen LogP contribution < -0.4 is 10.3 Å². The first kappa shape index (κ1) is 23.7. The monoisotopic (exact) mass is 467 g/mol. The van der Waals surface area contributed by atoms with Gasteiger partial charge in [0.15, 0.2) is 23.3 Å². The predicted octanol–water partition coefficient (Wildman–Crippen LogP) is 4.10. The quantitative estimate of drug-likeness (QED) is 0.594. The van der Waals surface area contributed by atoms with Gasteiger partial charge in [-0.15, -0.1) is 5.11 Å². The van der Waals surface area contributed by atoms with E-state index in [1.165, 1.54) is 12.1 Å². The van der Waals surface area contributed by atoms with Gasteiger partial charge in [-0.3, -0.25) is 14.2 Å². The summed E-state index contributed by atoms with van der Waals surface area (Å²) in [6.45, 7) is 0.320. The molecule has 0 fully saturated rings. The van der Waals surface area contributed by atoms with Crippen LogP contribution in [0.25, 0.3) is 0 Å². The van der Waals surface area contributed by atoms with Gasteiger partial charge in [-0.1, -0.05) is 6.07 Å². The number of carbonyl (C=O) groups is 1. The topological polar surface area (TPSA) is 110 Å². The molecule has 0 spiro atoms. The Balaban J connectivity index is 2.08. The Labute approximate surface area is 182 Å². The van der Waals surface area contributed by atoms with Crippen molar-refractivity contribution in [3.63, 3.8) is 0 Å². The standard InChI is InChI=1S/C20H14F5N5O3/c1-19(22,23)13-6-11(17(31)29-28-13)8-30-9-27-16(20(2,24)25)15(18(30)32)33-12-5-3-4-10(7-26)14(12)21/h3-6,9,13H,8H2,1-2H3. The molecule has 0 N–H and O–H groups in total. The number of benzene rings is 1. The Kier molecular flexibility index (Phi) is 6.13. The van der Waals surface area contributed by atoms with E-state index in [1.807, 2.05) is 0 Å². The highest BCUT2D eigenvalue weighted by Crippen LogP contribution is 2.34. The molecule has 8 nitrogen and oxygen atoms in total. The van der Waals surface area contributed by atoms with Crippen molar-refractivity contribution in [1.82, 2.24) is 9.55 Å². The minimum absolute atomic E-state index is 0.361. The zero-order valence-corrected chi connectivity index (χ0v) is 17.0. The maximum absolute atomic E-state index is 14.4. The molecule has 3 rings (SSSR count). The van der Waals surface area contributed by atoms with Crippen LogP contribution in [0.2, 0.25) is 0 Å². The average molecular weight is 467 g/mol. The summed E-state index contributed by atoms with van der Waals surface area (Å²) in [5, 5.41) is 15.3. The number of amides is 1. The number of halogens is 5. The van der Waals surface area contributed by atoms with E-state index in [4.69, 9.17) is 10.00 Å². The van der Waals surface area contributed by atoms with Gasteiger partial charge in [0.05, 0.1) is 18.4 Å². The lowest BCUT2D eigenvalue weighted by Crippen LogP contribution is -2.32. The van der Waals surface area contributed by atoms with Crippen LogP contribution in [0.4, 0.5) is 22.0 Å². The van der Waals surface area contributed by atoms with Crippen LogP contribution in [0, 0.1) is 17.1 Å². The molecule has 1 aromatic heterocycles. The van der Waals surface area contributed by atoms with Crippen molar-refractivity contribution in [2.24, 2.45) is 10.2 Å². The summed E-state index contributed by atoms with van der Waals surface area (Å²) in [6.07, 6.45) is 1.48. The molecule has 172 valence electrons. The first-order valence-corrected chi connectivity index (χ1v) is 9.20. The van der Waals surface area contributed by atoms with E-state index in [1.54, 1.807) is 0 Å². The maximum atomic E-state index is 14.4. The van der Waals surface area contributed by atoms with Crippen LogP contribution in [0.3, 0.4) is 0 Å². The van der Waals surface area contributed by atoms with E-state index in [0.29, 0.717) is 24.7 Å². The van der Waals surface area contributed by atoms with Crippen molar-refractivity contribution in [3.8, 4) is 17.6 Å². The van der Waals surface area contributed by atoms with Crippen LogP contribution in [-0.4, -0.2) is 27.4 Å². The Morgan fingerprint density at radius 2 is 1.91 bits per heavy atom. The summed E-state index contributed by atoms with van der Waals surface area (Å²) in [7, 11) is 0. The molecule has 1 aromatic carbocycles. The summed E-state index contributed by atoms with van der Waals surface area (Å²) >= 11 is 0. The second kappa shape index (κ2) is 8.53. The van der Waals surface area contributed by atoms with E-state index in [2.05, 4.69) is 15.2 Å².